The molecule has 0 spiro atoms. The van der Waals surface area contributed by atoms with Crippen molar-refractivity contribution < 1.29 is 19.4 Å². The molecule has 1 amide bonds. The molecule has 4 rings (SSSR count). The number of anilines is 1. The quantitative estimate of drug-likeness (QED) is 0.352. The van der Waals surface area contributed by atoms with E-state index in [4.69, 9.17) is 4.74 Å². The van der Waals surface area contributed by atoms with Gasteiger partial charge in [0.15, 0.2) is 5.96 Å². The fourth-order valence-corrected chi connectivity index (χ4v) is 4.82. The minimum absolute atomic E-state index is 0.0364. The third-order valence-electron chi connectivity index (χ3n) is 6.89. The van der Waals surface area contributed by atoms with E-state index in [0.29, 0.717) is 11.7 Å². The predicted molar refractivity (Wildman–Crippen MR) is 147 cm³/mol. The predicted octanol–water partition coefficient (Wildman–Crippen LogP) is 1.48. The standard InChI is InChI=1S/C27H37N7O5/c1-19-16-34(17-22(14-23(35)36)31-27(38)39-18-21-6-3-2-4-7-21)26(37)32-24(19)33-12-8-20(9-13-33)15-30-25-28-10-5-11-29-25/h2-4,6-7,16,20,22H,5,8-15,17-18H2,1H3,(H,31,38)(H,35,36)(H2,28,29,30). The number of ether oxygens (including phenoxy) is 1. The molecule has 0 saturated carbocycles. The lowest BCUT2D eigenvalue weighted by molar-refractivity contribution is -0.137. The maximum atomic E-state index is 12.9. The number of carboxylic acid groups (broad SMARTS) is 1. The van der Waals surface area contributed by atoms with Crippen LogP contribution in [0.4, 0.5) is 10.6 Å². The number of amides is 1. The van der Waals surface area contributed by atoms with Gasteiger partial charge in [0.05, 0.1) is 12.5 Å². The maximum absolute atomic E-state index is 12.9. The molecule has 210 valence electrons. The highest BCUT2D eigenvalue weighted by Gasteiger charge is 2.24. The van der Waals surface area contributed by atoms with Crippen molar-refractivity contribution in [3.05, 3.63) is 58.1 Å². The molecule has 2 aliphatic heterocycles. The summed E-state index contributed by atoms with van der Waals surface area (Å²) in [6.45, 7) is 6.15. The number of benzene rings is 1. The number of piperidine rings is 1. The molecular formula is C27H37N7O5. The third kappa shape index (κ3) is 8.45. The number of aromatic nitrogens is 2. The molecule has 1 atom stereocenters. The Kier molecular flexibility index (Phi) is 9.76. The maximum Gasteiger partial charge on any atom is 0.407 e. The Hall–Kier alpha value is -4.09. The molecule has 1 fully saturated rings. The van der Waals surface area contributed by atoms with Crippen molar-refractivity contribution in [1.82, 2.24) is 25.5 Å². The Morgan fingerprint density at radius 1 is 1.23 bits per heavy atom. The van der Waals surface area contributed by atoms with Gasteiger partial charge in [0.2, 0.25) is 0 Å². The van der Waals surface area contributed by atoms with Crippen LogP contribution in [0.15, 0.2) is 46.3 Å². The summed E-state index contributed by atoms with van der Waals surface area (Å²) in [5, 5.41) is 18.6. The molecule has 2 aliphatic rings. The minimum atomic E-state index is -1.10. The van der Waals surface area contributed by atoms with E-state index in [-0.39, 0.29) is 19.6 Å². The van der Waals surface area contributed by atoms with E-state index >= 15 is 0 Å². The lowest BCUT2D eigenvalue weighted by Crippen LogP contribution is -2.45. The Balaban J connectivity index is 1.32. The first-order valence-corrected chi connectivity index (χ1v) is 13.4. The highest BCUT2D eigenvalue weighted by molar-refractivity contribution is 5.80. The molecule has 0 bridgehead atoms. The molecular weight excluding hydrogens is 502 g/mol. The van der Waals surface area contributed by atoms with Gasteiger partial charge < -0.3 is 30.7 Å². The fraction of sp³-hybridized carbons (Fsp3) is 0.519. The van der Waals surface area contributed by atoms with E-state index in [0.717, 1.165) is 69.1 Å². The Labute approximate surface area is 227 Å². The number of hydrogen-bond donors (Lipinski definition) is 4. The summed E-state index contributed by atoms with van der Waals surface area (Å²) >= 11 is 0. The number of hydrogen-bond acceptors (Lipinski definition) is 9. The average molecular weight is 540 g/mol. The van der Waals surface area contributed by atoms with Crippen LogP contribution < -0.4 is 26.5 Å². The van der Waals surface area contributed by atoms with Gasteiger partial charge in [0, 0.05) is 51.0 Å². The largest absolute Gasteiger partial charge is 0.481 e. The second-order valence-corrected chi connectivity index (χ2v) is 10.0. The second kappa shape index (κ2) is 13.6. The van der Waals surface area contributed by atoms with Crippen molar-refractivity contribution >= 4 is 23.8 Å². The number of aliphatic imine (C=N–C) groups is 1. The van der Waals surface area contributed by atoms with Crippen molar-refractivity contribution in [2.24, 2.45) is 10.9 Å². The van der Waals surface area contributed by atoms with Crippen molar-refractivity contribution in [3.8, 4) is 0 Å². The Bertz CT molecular complexity index is 1210. The lowest BCUT2D eigenvalue weighted by Gasteiger charge is -2.34. The number of carbonyl (C=O) groups is 2. The molecule has 2 aromatic rings. The van der Waals surface area contributed by atoms with Crippen LogP contribution >= 0.6 is 0 Å². The smallest absolute Gasteiger partial charge is 0.407 e. The summed E-state index contributed by atoms with van der Waals surface area (Å²) in [5.41, 5.74) is 1.13. The number of carbonyl (C=O) groups excluding carboxylic acids is 1. The van der Waals surface area contributed by atoms with Gasteiger partial charge >= 0.3 is 17.8 Å². The number of guanidine groups is 1. The number of alkyl carbamates (subject to hydrolysis) is 1. The molecule has 3 heterocycles. The first kappa shape index (κ1) is 27.9. The molecule has 1 unspecified atom stereocenters. The van der Waals surface area contributed by atoms with E-state index < -0.39 is 23.8 Å². The number of nitrogens with zero attached hydrogens (tertiary/aromatic N) is 4. The van der Waals surface area contributed by atoms with Crippen molar-refractivity contribution in [1.29, 1.82) is 0 Å². The SMILES string of the molecule is Cc1cn(CC(CC(=O)O)NC(=O)OCc2ccccc2)c(=O)nc1N1CCC(CNC2=NCCCN2)CC1. The second-order valence-electron chi connectivity index (χ2n) is 10.0. The van der Waals surface area contributed by atoms with Gasteiger partial charge in [-0.25, -0.2) is 9.59 Å². The van der Waals surface area contributed by atoms with E-state index in [1.165, 1.54) is 4.57 Å². The summed E-state index contributed by atoms with van der Waals surface area (Å²) in [6.07, 6.45) is 3.57. The van der Waals surface area contributed by atoms with Crippen LogP contribution in [0.5, 0.6) is 0 Å². The van der Waals surface area contributed by atoms with Gasteiger partial charge in [0.1, 0.15) is 12.4 Å². The Morgan fingerprint density at radius 3 is 2.69 bits per heavy atom. The van der Waals surface area contributed by atoms with Crippen LogP contribution in [-0.2, 0) is 22.7 Å². The summed E-state index contributed by atoms with van der Waals surface area (Å²) in [4.78, 5) is 47.5. The zero-order chi connectivity index (χ0) is 27.6. The molecule has 0 aliphatic carbocycles. The summed E-state index contributed by atoms with van der Waals surface area (Å²) in [5.74, 6) is 0.940. The van der Waals surface area contributed by atoms with Crippen LogP contribution in [0, 0.1) is 12.8 Å². The molecule has 12 nitrogen and oxygen atoms in total. The first-order valence-electron chi connectivity index (χ1n) is 13.4. The van der Waals surface area contributed by atoms with Gasteiger partial charge in [0.25, 0.3) is 0 Å². The number of rotatable bonds is 10. The van der Waals surface area contributed by atoms with Crippen LogP contribution in [0.1, 0.15) is 36.8 Å². The topological polar surface area (TPSA) is 150 Å². The van der Waals surface area contributed by atoms with E-state index in [1.54, 1.807) is 6.20 Å². The van der Waals surface area contributed by atoms with Crippen molar-refractivity contribution in [2.75, 3.05) is 37.6 Å². The van der Waals surface area contributed by atoms with Crippen LogP contribution in [0.2, 0.25) is 0 Å². The zero-order valence-corrected chi connectivity index (χ0v) is 22.3. The lowest BCUT2D eigenvalue weighted by atomic mass is 9.96. The van der Waals surface area contributed by atoms with E-state index in [9.17, 15) is 19.5 Å². The van der Waals surface area contributed by atoms with Crippen LogP contribution in [0.3, 0.4) is 0 Å². The highest BCUT2D eigenvalue weighted by atomic mass is 16.5. The third-order valence-corrected chi connectivity index (χ3v) is 6.89. The number of nitrogens with one attached hydrogen (secondary N) is 3. The van der Waals surface area contributed by atoms with Gasteiger partial charge in [-0.1, -0.05) is 30.3 Å². The first-order chi connectivity index (χ1) is 18.9. The van der Waals surface area contributed by atoms with Crippen LogP contribution in [-0.4, -0.2) is 71.4 Å². The summed E-state index contributed by atoms with van der Waals surface area (Å²) in [7, 11) is 0. The summed E-state index contributed by atoms with van der Waals surface area (Å²) in [6, 6.07) is 8.32. The number of aliphatic carboxylic acids is 1. The molecule has 4 N–H and O–H groups in total. The summed E-state index contributed by atoms with van der Waals surface area (Å²) < 4.78 is 6.57. The van der Waals surface area contributed by atoms with E-state index in [2.05, 4.69) is 30.8 Å². The van der Waals surface area contributed by atoms with Gasteiger partial charge in [-0.05, 0) is 37.7 Å². The average Bonchev–Trinajstić information content (AvgIpc) is 2.94. The molecule has 1 saturated heterocycles. The molecule has 39 heavy (non-hydrogen) atoms. The zero-order valence-electron chi connectivity index (χ0n) is 22.3. The Morgan fingerprint density at radius 2 is 2.00 bits per heavy atom. The monoisotopic (exact) mass is 539 g/mol. The number of carboxylic acids is 1. The molecule has 1 aromatic heterocycles. The minimum Gasteiger partial charge on any atom is -0.481 e. The molecule has 12 heteroatoms. The molecule has 0 radical (unpaired) electrons. The van der Waals surface area contributed by atoms with Crippen molar-refractivity contribution in [3.63, 3.8) is 0 Å². The van der Waals surface area contributed by atoms with Crippen molar-refractivity contribution in [2.45, 2.75) is 51.8 Å². The van der Waals surface area contributed by atoms with Gasteiger partial charge in [-0.2, -0.15) is 4.98 Å². The van der Waals surface area contributed by atoms with Gasteiger partial charge in [-0.15, -0.1) is 0 Å². The van der Waals surface area contributed by atoms with E-state index in [1.807, 2.05) is 37.3 Å². The highest BCUT2D eigenvalue weighted by Crippen LogP contribution is 2.23. The van der Waals surface area contributed by atoms with Gasteiger partial charge in [-0.3, -0.25) is 14.4 Å². The number of aryl methyl sites for hydroxylation is 1. The molecule has 1 aromatic carbocycles. The van der Waals surface area contributed by atoms with Crippen LogP contribution in [0.25, 0.3) is 0 Å². The normalized spacial score (nSPS) is 16.5. The fourth-order valence-electron chi connectivity index (χ4n) is 4.82.